The molecule has 0 unspecified atom stereocenters. The third-order valence-electron chi connectivity index (χ3n) is 6.44. The minimum Gasteiger partial charge on any atom is -0.480 e. The number of carboxylic acids is 1. The van der Waals surface area contributed by atoms with Crippen molar-refractivity contribution in [3.63, 3.8) is 0 Å². The van der Waals surface area contributed by atoms with Crippen LogP contribution in [0.5, 0.6) is 0 Å². The molecular weight excluding hydrogens is 408 g/mol. The number of carbonyl (C=O) groups is 3. The average Bonchev–Trinajstić information content (AvgIpc) is 3.10. The van der Waals surface area contributed by atoms with Gasteiger partial charge >= 0.3 is 12.1 Å². The lowest BCUT2D eigenvalue weighted by Crippen LogP contribution is -2.44. The van der Waals surface area contributed by atoms with Crippen molar-refractivity contribution in [2.24, 2.45) is 5.92 Å². The Morgan fingerprint density at radius 3 is 2.28 bits per heavy atom. The molecule has 0 aliphatic heterocycles. The summed E-state index contributed by atoms with van der Waals surface area (Å²) in [5.74, 6) is -1.51. The molecule has 7 nitrogen and oxygen atoms in total. The number of nitrogens with zero attached hydrogens (tertiary/aromatic N) is 1. The third-order valence-corrected chi connectivity index (χ3v) is 6.44. The van der Waals surface area contributed by atoms with Gasteiger partial charge in [-0.25, -0.2) is 4.79 Å². The molecular formula is C25H28N2O5. The van der Waals surface area contributed by atoms with Gasteiger partial charge in [0.25, 0.3) is 0 Å². The van der Waals surface area contributed by atoms with Crippen LogP contribution in [0.1, 0.15) is 42.7 Å². The molecule has 2 N–H and O–H groups in total. The van der Waals surface area contributed by atoms with Gasteiger partial charge in [0.1, 0.15) is 13.2 Å². The van der Waals surface area contributed by atoms with Crippen LogP contribution in [0.25, 0.3) is 11.1 Å². The second kappa shape index (κ2) is 9.42. The standard InChI is InChI=1S/C25H28N2O5/c1-27(14-23(28)29)24(30)16-7-6-8-17(13-16)26-25(31)32-15-22-20-11-4-2-9-18(20)19-10-3-5-12-21(19)22/h2-5,9-12,16-17,22H,6-8,13-15H2,1H3,(H,26,31)(H,28,29)/t16-,17+/m0/s1. The number of alkyl carbamates (subject to hydrolysis) is 1. The van der Waals surface area contributed by atoms with E-state index in [9.17, 15) is 14.4 Å². The highest BCUT2D eigenvalue weighted by Gasteiger charge is 2.32. The van der Waals surface area contributed by atoms with Crippen LogP contribution in [-0.4, -0.2) is 54.2 Å². The van der Waals surface area contributed by atoms with Gasteiger partial charge in [0.05, 0.1) is 0 Å². The molecule has 1 fully saturated rings. The van der Waals surface area contributed by atoms with Crippen molar-refractivity contribution in [2.75, 3.05) is 20.2 Å². The van der Waals surface area contributed by atoms with E-state index in [0.717, 1.165) is 24.0 Å². The Kier molecular flexibility index (Phi) is 6.44. The van der Waals surface area contributed by atoms with Gasteiger partial charge in [-0.05, 0) is 41.5 Å². The molecule has 0 heterocycles. The summed E-state index contributed by atoms with van der Waals surface area (Å²) < 4.78 is 5.62. The number of carbonyl (C=O) groups excluding carboxylic acids is 2. The summed E-state index contributed by atoms with van der Waals surface area (Å²) in [6.45, 7) is -0.0733. The lowest BCUT2D eigenvalue weighted by atomic mass is 9.85. The molecule has 4 rings (SSSR count). The van der Waals surface area contributed by atoms with E-state index in [2.05, 4.69) is 29.6 Å². The number of nitrogens with one attached hydrogen (secondary N) is 1. The number of fused-ring (bicyclic) bond motifs is 3. The van der Waals surface area contributed by atoms with Gasteiger partial charge in [0.2, 0.25) is 5.91 Å². The van der Waals surface area contributed by atoms with Gasteiger partial charge < -0.3 is 20.1 Å². The molecule has 2 aromatic rings. The molecule has 168 valence electrons. The average molecular weight is 437 g/mol. The van der Waals surface area contributed by atoms with E-state index in [1.165, 1.54) is 23.1 Å². The van der Waals surface area contributed by atoms with Gasteiger partial charge in [0.15, 0.2) is 0 Å². The molecule has 2 aliphatic rings. The van der Waals surface area contributed by atoms with Crippen LogP contribution in [-0.2, 0) is 14.3 Å². The predicted octanol–water partition coefficient (Wildman–Crippen LogP) is 3.63. The van der Waals surface area contributed by atoms with E-state index in [4.69, 9.17) is 9.84 Å². The summed E-state index contributed by atoms with van der Waals surface area (Å²) in [6, 6.07) is 16.2. The summed E-state index contributed by atoms with van der Waals surface area (Å²) >= 11 is 0. The number of hydrogen-bond donors (Lipinski definition) is 2. The van der Waals surface area contributed by atoms with Crippen LogP contribution in [0, 0.1) is 5.92 Å². The SMILES string of the molecule is CN(CC(=O)O)C(=O)[C@H]1CCC[C@@H](NC(=O)OCC2c3ccccc3-c3ccccc32)C1. The molecule has 0 spiro atoms. The van der Waals surface area contributed by atoms with Gasteiger partial charge in [-0.2, -0.15) is 0 Å². The Bertz CT molecular complexity index is 975. The van der Waals surface area contributed by atoms with Crippen LogP contribution in [0.2, 0.25) is 0 Å². The van der Waals surface area contributed by atoms with E-state index in [-0.39, 0.29) is 36.9 Å². The van der Waals surface area contributed by atoms with E-state index in [1.807, 2.05) is 24.3 Å². The van der Waals surface area contributed by atoms with Crippen molar-refractivity contribution in [3.8, 4) is 11.1 Å². The van der Waals surface area contributed by atoms with E-state index >= 15 is 0 Å². The number of rotatable bonds is 6. The van der Waals surface area contributed by atoms with Crippen molar-refractivity contribution in [1.29, 1.82) is 0 Å². The van der Waals surface area contributed by atoms with Gasteiger partial charge in [0, 0.05) is 24.9 Å². The monoisotopic (exact) mass is 436 g/mol. The zero-order chi connectivity index (χ0) is 22.7. The first-order chi connectivity index (χ1) is 15.4. The van der Waals surface area contributed by atoms with E-state index in [1.54, 1.807) is 0 Å². The maximum absolute atomic E-state index is 12.5. The molecule has 32 heavy (non-hydrogen) atoms. The number of benzene rings is 2. The molecule has 2 aromatic carbocycles. The maximum Gasteiger partial charge on any atom is 0.407 e. The fourth-order valence-electron chi connectivity index (χ4n) is 4.94. The van der Waals surface area contributed by atoms with E-state index < -0.39 is 12.1 Å². The minimum absolute atomic E-state index is 0.00139. The topological polar surface area (TPSA) is 95.9 Å². The van der Waals surface area contributed by atoms with Crippen LogP contribution in [0.3, 0.4) is 0 Å². The predicted molar refractivity (Wildman–Crippen MR) is 119 cm³/mol. The highest BCUT2D eigenvalue weighted by Crippen LogP contribution is 2.44. The molecule has 2 amide bonds. The number of aliphatic carboxylic acids is 1. The Labute approximate surface area is 187 Å². The Morgan fingerprint density at radius 1 is 1.03 bits per heavy atom. The first kappa shape index (κ1) is 21.9. The number of ether oxygens (including phenoxy) is 1. The van der Waals surface area contributed by atoms with Crippen LogP contribution in [0.4, 0.5) is 4.79 Å². The van der Waals surface area contributed by atoms with Crippen LogP contribution in [0.15, 0.2) is 48.5 Å². The molecule has 0 radical (unpaired) electrons. The zero-order valence-corrected chi connectivity index (χ0v) is 18.1. The Hall–Kier alpha value is -3.35. The summed E-state index contributed by atoms with van der Waals surface area (Å²) in [7, 11) is 1.50. The maximum atomic E-state index is 12.5. The van der Waals surface area contributed by atoms with Crippen molar-refractivity contribution < 1.29 is 24.2 Å². The molecule has 7 heteroatoms. The Balaban J connectivity index is 1.34. The fraction of sp³-hybridized carbons (Fsp3) is 0.400. The first-order valence-corrected chi connectivity index (χ1v) is 11.0. The smallest absolute Gasteiger partial charge is 0.407 e. The largest absolute Gasteiger partial charge is 0.480 e. The number of likely N-dealkylation sites (N-methyl/N-ethyl adjacent to an activating group) is 1. The molecule has 2 atom stereocenters. The molecule has 1 saturated carbocycles. The lowest BCUT2D eigenvalue weighted by molar-refractivity contribution is -0.145. The lowest BCUT2D eigenvalue weighted by Gasteiger charge is -2.31. The molecule has 0 bridgehead atoms. The van der Waals surface area contributed by atoms with Crippen molar-refractivity contribution in [2.45, 2.75) is 37.6 Å². The van der Waals surface area contributed by atoms with Crippen molar-refractivity contribution >= 4 is 18.0 Å². The molecule has 0 saturated heterocycles. The summed E-state index contributed by atoms with van der Waals surface area (Å²) in [4.78, 5) is 37.2. The summed E-state index contributed by atoms with van der Waals surface area (Å²) in [5.41, 5.74) is 4.67. The van der Waals surface area contributed by atoms with Crippen LogP contribution >= 0.6 is 0 Å². The zero-order valence-electron chi connectivity index (χ0n) is 18.1. The molecule has 0 aromatic heterocycles. The molecule has 2 aliphatic carbocycles. The quantitative estimate of drug-likeness (QED) is 0.721. The van der Waals surface area contributed by atoms with Crippen LogP contribution < -0.4 is 5.32 Å². The van der Waals surface area contributed by atoms with Gasteiger partial charge in [-0.1, -0.05) is 55.0 Å². The highest BCUT2D eigenvalue weighted by molar-refractivity contribution is 5.83. The number of carboxylic acid groups (broad SMARTS) is 1. The van der Waals surface area contributed by atoms with Crippen molar-refractivity contribution in [3.05, 3.63) is 59.7 Å². The second-order valence-corrected chi connectivity index (χ2v) is 8.62. The van der Waals surface area contributed by atoms with Crippen molar-refractivity contribution in [1.82, 2.24) is 10.2 Å². The second-order valence-electron chi connectivity index (χ2n) is 8.62. The summed E-state index contributed by atoms with van der Waals surface area (Å²) in [6.07, 6.45) is 2.28. The fourth-order valence-corrected chi connectivity index (χ4v) is 4.94. The highest BCUT2D eigenvalue weighted by atomic mass is 16.5. The summed E-state index contributed by atoms with van der Waals surface area (Å²) in [5, 5.41) is 11.8. The first-order valence-electron chi connectivity index (χ1n) is 11.0. The minimum atomic E-state index is -1.04. The Morgan fingerprint density at radius 2 is 1.66 bits per heavy atom. The number of amides is 2. The normalized spacial score (nSPS) is 19.5. The van der Waals surface area contributed by atoms with E-state index in [0.29, 0.717) is 12.8 Å². The number of hydrogen-bond acceptors (Lipinski definition) is 4. The van der Waals surface area contributed by atoms with Gasteiger partial charge in [-0.15, -0.1) is 0 Å². The third kappa shape index (κ3) is 4.61. The van der Waals surface area contributed by atoms with Gasteiger partial charge in [-0.3, -0.25) is 9.59 Å².